The van der Waals surface area contributed by atoms with Gasteiger partial charge in [0.2, 0.25) is 0 Å². The Morgan fingerprint density at radius 3 is 1.82 bits per heavy atom. The molecule has 0 saturated heterocycles. The molecule has 4 heteroatoms. The van der Waals surface area contributed by atoms with E-state index in [2.05, 4.69) is 151 Å². The van der Waals surface area contributed by atoms with Crippen LogP contribution in [0.5, 0.6) is 11.5 Å². The molecule has 1 atom stereocenters. The van der Waals surface area contributed by atoms with Crippen molar-refractivity contribution < 1.29 is 4.74 Å². The number of fused-ring (bicyclic) bond motifs is 9. The van der Waals surface area contributed by atoms with E-state index in [1.54, 1.807) is 0 Å². The van der Waals surface area contributed by atoms with Gasteiger partial charge in [-0.1, -0.05) is 146 Å². The Kier molecular flexibility index (Phi) is 6.43. The Labute approximate surface area is 291 Å². The van der Waals surface area contributed by atoms with Crippen LogP contribution >= 0.6 is 0 Å². The van der Waals surface area contributed by atoms with Crippen molar-refractivity contribution in [1.82, 2.24) is 10.3 Å². The number of hydrogen-bond donors (Lipinski definition) is 1. The van der Waals surface area contributed by atoms with E-state index in [0.717, 1.165) is 62.1 Å². The Balaban J connectivity index is 1.10. The molecule has 1 aliphatic carbocycles. The first-order chi connectivity index (χ1) is 24.8. The quantitative estimate of drug-likeness (QED) is 0.208. The van der Waals surface area contributed by atoms with Crippen molar-refractivity contribution in [2.24, 2.45) is 4.99 Å². The molecule has 10 rings (SSSR count). The molecule has 0 radical (unpaired) electrons. The Bertz CT molecular complexity index is 2380. The van der Waals surface area contributed by atoms with E-state index in [4.69, 9.17) is 14.7 Å². The molecule has 0 bridgehead atoms. The van der Waals surface area contributed by atoms with Crippen molar-refractivity contribution >= 4 is 11.5 Å². The lowest BCUT2D eigenvalue weighted by Crippen LogP contribution is -2.32. The zero-order chi connectivity index (χ0) is 33.1. The number of nitrogens with zero attached hydrogens (tertiary/aromatic N) is 2. The van der Waals surface area contributed by atoms with Crippen LogP contribution in [0.1, 0.15) is 45.0 Å². The maximum absolute atomic E-state index is 6.87. The first kappa shape index (κ1) is 28.5. The summed E-state index contributed by atoms with van der Waals surface area (Å²) in [5.74, 6) is 2.55. The van der Waals surface area contributed by atoms with Crippen molar-refractivity contribution in [3.8, 4) is 33.9 Å². The van der Waals surface area contributed by atoms with Gasteiger partial charge in [0.05, 0.1) is 17.2 Å². The van der Waals surface area contributed by atoms with E-state index < -0.39 is 5.41 Å². The number of benzene rings is 6. The zero-order valence-electron chi connectivity index (χ0n) is 27.1. The smallest absolute Gasteiger partial charge is 0.141 e. The van der Waals surface area contributed by atoms with E-state index in [0.29, 0.717) is 0 Å². The van der Waals surface area contributed by atoms with Gasteiger partial charge in [-0.25, -0.2) is 0 Å². The van der Waals surface area contributed by atoms with Crippen molar-refractivity contribution in [3.63, 3.8) is 0 Å². The van der Waals surface area contributed by atoms with Crippen LogP contribution in [-0.2, 0) is 5.41 Å². The number of nitrogens with one attached hydrogen (secondary N) is 1. The number of aliphatic imine (C=N–C) groups is 1. The summed E-state index contributed by atoms with van der Waals surface area (Å²) in [7, 11) is 0. The first-order valence-electron chi connectivity index (χ1n) is 17.0. The monoisotopic (exact) mass is 641 g/mol. The maximum atomic E-state index is 6.87. The third-order valence-electron chi connectivity index (χ3n) is 10.3. The van der Waals surface area contributed by atoms with Crippen LogP contribution in [0.25, 0.3) is 28.1 Å². The fraction of sp³-hybridized carbons (Fsp3) is 0.0435. The summed E-state index contributed by atoms with van der Waals surface area (Å²) in [5.41, 5.74) is 12.9. The average molecular weight is 642 g/mol. The van der Waals surface area contributed by atoms with E-state index >= 15 is 0 Å². The van der Waals surface area contributed by atoms with E-state index in [-0.39, 0.29) is 6.04 Å². The van der Waals surface area contributed by atoms with E-state index in [1.807, 2.05) is 30.5 Å². The third kappa shape index (κ3) is 4.25. The highest BCUT2D eigenvalue weighted by molar-refractivity contribution is 6.04. The van der Waals surface area contributed by atoms with Gasteiger partial charge in [0, 0.05) is 34.1 Å². The lowest BCUT2D eigenvalue weighted by Gasteiger charge is -2.40. The SMILES string of the molecule is C1=C(c2ccccc2)NC(c2ccccc2)=NC1c1ccc(-c2cccc3c2Oc2ccccc2C32c3ccccc3-c3ccccc32)nc1. The Morgan fingerprint density at radius 1 is 0.520 bits per heavy atom. The Hall–Kier alpha value is -6.52. The molecule has 0 amide bonds. The first-order valence-corrected chi connectivity index (χ1v) is 17.0. The van der Waals surface area contributed by atoms with Crippen LogP contribution in [0, 0.1) is 0 Å². The van der Waals surface area contributed by atoms with Crippen LogP contribution in [0.15, 0.2) is 181 Å². The highest BCUT2D eigenvalue weighted by Crippen LogP contribution is 2.63. The molecule has 3 aliphatic rings. The molecule has 7 aromatic rings. The van der Waals surface area contributed by atoms with E-state index in [1.165, 1.54) is 22.3 Å². The topological polar surface area (TPSA) is 46.5 Å². The molecule has 0 fully saturated rings. The number of para-hydroxylation sites is 2. The molecule has 6 aromatic carbocycles. The summed E-state index contributed by atoms with van der Waals surface area (Å²) >= 11 is 0. The maximum Gasteiger partial charge on any atom is 0.141 e. The minimum absolute atomic E-state index is 0.203. The second kappa shape index (κ2) is 11.3. The molecule has 1 unspecified atom stereocenters. The predicted molar refractivity (Wildman–Crippen MR) is 200 cm³/mol. The summed E-state index contributed by atoms with van der Waals surface area (Å²) in [6.07, 6.45) is 4.14. The molecule has 1 spiro atoms. The van der Waals surface area contributed by atoms with Crippen LogP contribution < -0.4 is 10.1 Å². The van der Waals surface area contributed by atoms with Crippen molar-refractivity contribution in [2.75, 3.05) is 0 Å². The highest BCUT2D eigenvalue weighted by Gasteiger charge is 2.51. The zero-order valence-corrected chi connectivity index (χ0v) is 27.1. The normalized spacial score (nSPS) is 16.1. The van der Waals surface area contributed by atoms with Crippen LogP contribution in [0.2, 0.25) is 0 Å². The summed E-state index contributed by atoms with van der Waals surface area (Å²) in [5, 5.41) is 3.58. The minimum Gasteiger partial charge on any atom is -0.456 e. The van der Waals surface area contributed by atoms with Gasteiger partial charge in [-0.15, -0.1) is 0 Å². The van der Waals surface area contributed by atoms with Gasteiger partial charge >= 0.3 is 0 Å². The third-order valence-corrected chi connectivity index (χ3v) is 10.3. The van der Waals surface area contributed by atoms with Gasteiger partial charge < -0.3 is 10.1 Å². The fourth-order valence-corrected chi connectivity index (χ4v) is 8.05. The molecule has 3 heterocycles. The largest absolute Gasteiger partial charge is 0.456 e. The number of ether oxygens (including phenoxy) is 1. The molecule has 4 nitrogen and oxygen atoms in total. The van der Waals surface area contributed by atoms with Gasteiger partial charge in [0.25, 0.3) is 0 Å². The van der Waals surface area contributed by atoms with Crippen molar-refractivity contribution in [1.29, 1.82) is 0 Å². The van der Waals surface area contributed by atoms with Gasteiger partial charge in [-0.3, -0.25) is 9.98 Å². The number of pyridine rings is 1. The number of hydrogen-bond acceptors (Lipinski definition) is 4. The molecular formula is C46H31N3O. The summed E-state index contributed by atoms with van der Waals surface area (Å²) in [4.78, 5) is 10.2. The lowest BCUT2D eigenvalue weighted by molar-refractivity contribution is 0.438. The lowest BCUT2D eigenvalue weighted by atomic mass is 9.65. The van der Waals surface area contributed by atoms with Crippen LogP contribution in [0.4, 0.5) is 0 Å². The van der Waals surface area contributed by atoms with Gasteiger partial charge in [0.1, 0.15) is 17.3 Å². The minimum atomic E-state index is -0.510. The molecule has 1 N–H and O–H groups in total. The molecule has 2 aliphatic heterocycles. The number of amidine groups is 1. The molecule has 50 heavy (non-hydrogen) atoms. The molecule has 0 saturated carbocycles. The summed E-state index contributed by atoms with van der Waals surface area (Å²) < 4.78 is 6.87. The fourth-order valence-electron chi connectivity index (χ4n) is 8.05. The number of aromatic nitrogens is 1. The Morgan fingerprint density at radius 2 is 1.12 bits per heavy atom. The summed E-state index contributed by atoms with van der Waals surface area (Å²) in [6, 6.07) is 57.3. The molecular weight excluding hydrogens is 611 g/mol. The second-order valence-corrected chi connectivity index (χ2v) is 13.0. The van der Waals surface area contributed by atoms with Gasteiger partial charge in [-0.2, -0.15) is 0 Å². The second-order valence-electron chi connectivity index (χ2n) is 13.0. The highest BCUT2D eigenvalue weighted by atomic mass is 16.5. The van der Waals surface area contributed by atoms with Gasteiger partial charge in [-0.05, 0) is 57.7 Å². The number of rotatable bonds is 4. The standard InChI is InChI=1S/C46H31N3O/c1-3-14-30(15-4-1)41-28-42(49-45(48-41)31-16-5-2-6-17-31)32-26-27-40(47-29-32)35-20-13-24-39-44(35)50-43-25-12-11-23-38(43)46(39)36-21-9-7-18-33(36)34-19-8-10-22-37(34)46/h1-29,42H,(H,48,49). The van der Waals surface area contributed by atoms with Gasteiger partial charge in [0.15, 0.2) is 0 Å². The molecule has 236 valence electrons. The summed E-state index contributed by atoms with van der Waals surface area (Å²) in [6.45, 7) is 0. The predicted octanol–water partition coefficient (Wildman–Crippen LogP) is 10.3. The van der Waals surface area contributed by atoms with Crippen molar-refractivity contribution in [2.45, 2.75) is 11.5 Å². The van der Waals surface area contributed by atoms with Crippen molar-refractivity contribution in [3.05, 3.63) is 215 Å². The van der Waals surface area contributed by atoms with Crippen LogP contribution in [0.3, 0.4) is 0 Å². The molecule has 1 aromatic heterocycles. The average Bonchev–Trinajstić information content (AvgIpc) is 3.49. The van der Waals surface area contributed by atoms with E-state index in [9.17, 15) is 0 Å². The van der Waals surface area contributed by atoms with Crippen LogP contribution in [-0.4, -0.2) is 10.8 Å².